The van der Waals surface area contributed by atoms with Crippen molar-refractivity contribution in [2.24, 2.45) is 0 Å². The minimum Gasteiger partial charge on any atom is -0.494 e. The van der Waals surface area contributed by atoms with Crippen LogP contribution in [0.1, 0.15) is 6.92 Å². The fourth-order valence-electron chi connectivity index (χ4n) is 2.00. The molecule has 1 nitrogen and oxygen atoms in total. The van der Waals surface area contributed by atoms with Gasteiger partial charge >= 0.3 is 0 Å². The molecule has 8 heteroatoms. The number of ether oxygens (including phenoxy) is 1. The summed E-state index contributed by atoms with van der Waals surface area (Å²) < 4.78 is 86.2. The molecule has 22 heavy (non-hydrogen) atoms. The van der Waals surface area contributed by atoms with Crippen molar-refractivity contribution in [2.45, 2.75) is 18.8 Å². The van der Waals surface area contributed by atoms with Crippen molar-refractivity contribution in [3.05, 3.63) is 47.0 Å². The lowest BCUT2D eigenvalue weighted by Crippen LogP contribution is -2.36. The van der Waals surface area contributed by atoms with Crippen LogP contribution in [0.4, 0.5) is 26.3 Å². The molecule has 2 atom stereocenters. The molecule has 117 valence electrons. The average molecular weight is 319 g/mol. The van der Waals surface area contributed by atoms with Crippen LogP contribution in [0.2, 0.25) is 0 Å². The van der Waals surface area contributed by atoms with Crippen molar-refractivity contribution < 1.29 is 31.1 Å². The zero-order valence-electron chi connectivity index (χ0n) is 11.6. The number of methoxy groups -OCH3 is 1. The van der Waals surface area contributed by atoms with Gasteiger partial charge in [-0.2, -0.15) is 0 Å². The summed E-state index contributed by atoms with van der Waals surface area (Å²) in [5.74, 6) is -5.57. The SMILES string of the molecule is COc1cc([B]C2=C(F)C(F)C(C)(F)C=C2F)c(F)cc1F. The van der Waals surface area contributed by atoms with Crippen LogP contribution in [0.25, 0.3) is 0 Å². The van der Waals surface area contributed by atoms with Gasteiger partial charge in [-0.05, 0) is 30.0 Å². The van der Waals surface area contributed by atoms with Crippen molar-refractivity contribution in [3.63, 3.8) is 0 Å². The summed E-state index contributed by atoms with van der Waals surface area (Å²) in [7, 11) is 1.74. The van der Waals surface area contributed by atoms with E-state index in [0.29, 0.717) is 20.3 Å². The van der Waals surface area contributed by atoms with Gasteiger partial charge in [-0.1, -0.05) is 0 Å². The number of hydrogen-bond donors (Lipinski definition) is 0. The Morgan fingerprint density at radius 1 is 1.14 bits per heavy atom. The van der Waals surface area contributed by atoms with Gasteiger partial charge in [0.25, 0.3) is 0 Å². The van der Waals surface area contributed by atoms with Crippen molar-refractivity contribution in [1.29, 1.82) is 0 Å². The Balaban J connectivity index is 2.43. The van der Waals surface area contributed by atoms with Gasteiger partial charge in [0.1, 0.15) is 17.5 Å². The first-order valence-corrected chi connectivity index (χ1v) is 6.16. The lowest BCUT2D eigenvalue weighted by Gasteiger charge is -2.26. The quantitative estimate of drug-likeness (QED) is 0.613. The second-order valence-electron chi connectivity index (χ2n) is 4.92. The molecule has 1 aliphatic carbocycles. The molecule has 0 heterocycles. The molecular weight excluding hydrogens is 309 g/mol. The largest absolute Gasteiger partial charge is 0.494 e. The number of halogens is 6. The average Bonchev–Trinajstić information content (AvgIpc) is 2.43. The molecule has 0 fully saturated rings. The molecule has 0 saturated carbocycles. The van der Waals surface area contributed by atoms with E-state index in [9.17, 15) is 26.3 Å². The molecule has 0 aromatic heterocycles. The van der Waals surface area contributed by atoms with E-state index in [4.69, 9.17) is 0 Å². The van der Waals surface area contributed by atoms with E-state index in [-0.39, 0.29) is 11.8 Å². The van der Waals surface area contributed by atoms with Crippen LogP contribution < -0.4 is 10.2 Å². The molecule has 0 N–H and O–H groups in total. The Kier molecular flexibility index (Phi) is 4.31. The molecule has 0 bridgehead atoms. The third-order valence-corrected chi connectivity index (χ3v) is 3.21. The van der Waals surface area contributed by atoms with Gasteiger partial charge in [0.05, 0.1) is 7.11 Å². The van der Waals surface area contributed by atoms with Crippen LogP contribution in [-0.4, -0.2) is 26.2 Å². The van der Waals surface area contributed by atoms with E-state index in [1.165, 1.54) is 0 Å². The van der Waals surface area contributed by atoms with Crippen molar-refractivity contribution in [1.82, 2.24) is 0 Å². The molecule has 0 amide bonds. The number of hydrogen-bond acceptors (Lipinski definition) is 1. The van der Waals surface area contributed by atoms with Gasteiger partial charge in [-0.3, -0.25) is 0 Å². The smallest absolute Gasteiger partial charge is 0.203 e. The van der Waals surface area contributed by atoms with Gasteiger partial charge in [-0.25, -0.2) is 26.3 Å². The predicted molar refractivity (Wildman–Crippen MR) is 70.0 cm³/mol. The van der Waals surface area contributed by atoms with Crippen LogP contribution in [0.3, 0.4) is 0 Å². The summed E-state index contributed by atoms with van der Waals surface area (Å²) in [6.45, 7) is 0.676. The highest BCUT2D eigenvalue weighted by atomic mass is 19.2. The maximum absolute atomic E-state index is 13.8. The molecule has 1 aliphatic rings. The normalized spacial score (nSPS) is 25.1. The standard InChI is InChI=1S/C14H10BF6O/c1-14(21)5-9(18)11(12(19)13(14)20)15-6-3-10(22-2)8(17)4-7(6)16/h3-5,13H,1-2H3. The van der Waals surface area contributed by atoms with Crippen LogP contribution in [0.15, 0.2) is 35.3 Å². The van der Waals surface area contributed by atoms with E-state index in [1.54, 1.807) is 0 Å². The second-order valence-corrected chi connectivity index (χ2v) is 4.92. The predicted octanol–water partition coefficient (Wildman–Crippen LogP) is 3.42. The van der Waals surface area contributed by atoms with E-state index < -0.39 is 46.1 Å². The van der Waals surface area contributed by atoms with Crippen LogP contribution in [0.5, 0.6) is 5.75 Å². The summed E-state index contributed by atoms with van der Waals surface area (Å²) in [5, 5.41) is 0. The molecule has 1 aromatic rings. The summed E-state index contributed by atoms with van der Waals surface area (Å²) >= 11 is 0. The summed E-state index contributed by atoms with van der Waals surface area (Å²) in [6.07, 6.45) is -2.45. The zero-order chi connectivity index (χ0) is 16.7. The summed E-state index contributed by atoms with van der Waals surface area (Å²) in [6, 6.07) is 1.31. The third-order valence-electron chi connectivity index (χ3n) is 3.21. The van der Waals surface area contributed by atoms with Gasteiger partial charge in [0.15, 0.2) is 23.4 Å². The van der Waals surface area contributed by atoms with Gasteiger partial charge in [-0.15, -0.1) is 0 Å². The first-order chi connectivity index (χ1) is 10.2. The van der Waals surface area contributed by atoms with Crippen molar-refractivity contribution in [3.8, 4) is 5.75 Å². The van der Waals surface area contributed by atoms with E-state index in [2.05, 4.69) is 4.74 Å². The third kappa shape index (κ3) is 2.87. The molecule has 1 aromatic carbocycles. The number of allylic oxidation sites excluding steroid dienone is 4. The molecule has 2 unspecified atom stereocenters. The highest BCUT2D eigenvalue weighted by Gasteiger charge is 2.42. The van der Waals surface area contributed by atoms with E-state index >= 15 is 0 Å². The highest BCUT2D eigenvalue weighted by molar-refractivity contribution is 6.62. The van der Waals surface area contributed by atoms with Gasteiger partial charge in [0, 0.05) is 6.07 Å². The van der Waals surface area contributed by atoms with Crippen LogP contribution in [0, 0.1) is 11.6 Å². The van der Waals surface area contributed by atoms with Crippen LogP contribution in [-0.2, 0) is 0 Å². The number of alkyl halides is 2. The fraction of sp³-hybridized carbons (Fsp3) is 0.286. The Morgan fingerprint density at radius 2 is 1.77 bits per heavy atom. The lowest BCUT2D eigenvalue weighted by atomic mass is 9.60. The second kappa shape index (κ2) is 5.74. The van der Waals surface area contributed by atoms with E-state index in [1.807, 2.05) is 0 Å². The maximum atomic E-state index is 13.8. The molecule has 0 spiro atoms. The Morgan fingerprint density at radius 3 is 2.36 bits per heavy atom. The monoisotopic (exact) mass is 319 g/mol. The fourth-order valence-corrected chi connectivity index (χ4v) is 2.00. The molecular formula is C14H10BF6O. The minimum absolute atomic E-state index is 0.269. The topological polar surface area (TPSA) is 9.23 Å². The molecule has 0 aliphatic heterocycles. The Hall–Kier alpha value is -1.86. The lowest BCUT2D eigenvalue weighted by molar-refractivity contribution is 0.114. The first-order valence-electron chi connectivity index (χ1n) is 6.16. The van der Waals surface area contributed by atoms with Crippen LogP contribution >= 0.6 is 0 Å². The minimum atomic E-state index is -2.84. The van der Waals surface area contributed by atoms with Crippen molar-refractivity contribution >= 4 is 12.7 Å². The van der Waals surface area contributed by atoms with Crippen molar-refractivity contribution in [2.75, 3.05) is 7.11 Å². The molecule has 0 saturated heterocycles. The first kappa shape index (κ1) is 16.5. The summed E-state index contributed by atoms with van der Waals surface area (Å²) in [4.78, 5) is 0. The number of benzene rings is 1. The Labute approximate surface area is 123 Å². The van der Waals surface area contributed by atoms with Gasteiger partial charge < -0.3 is 4.74 Å². The van der Waals surface area contributed by atoms with E-state index in [0.717, 1.165) is 13.2 Å². The number of rotatable bonds is 3. The highest BCUT2D eigenvalue weighted by Crippen LogP contribution is 2.37. The zero-order valence-corrected chi connectivity index (χ0v) is 11.6. The molecule has 1 radical (unpaired) electrons. The molecule has 2 rings (SSSR count). The summed E-state index contributed by atoms with van der Waals surface area (Å²) in [5.41, 5.74) is -4.21. The van der Waals surface area contributed by atoms with Gasteiger partial charge in [0.2, 0.25) is 7.28 Å². The Bertz CT molecular complexity index is 668. The maximum Gasteiger partial charge on any atom is 0.203 e.